The van der Waals surface area contributed by atoms with E-state index in [2.05, 4.69) is 30.6 Å². The number of halogens is 2. The monoisotopic (exact) mass is 496 g/mol. The van der Waals surface area contributed by atoms with E-state index in [9.17, 15) is 13.6 Å². The van der Waals surface area contributed by atoms with E-state index in [0.717, 1.165) is 22.5 Å². The van der Waals surface area contributed by atoms with Crippen molar-refractivity contribution in [1.82, 2.24) is 25.3 Å². The highest BCUT2D eigenvalue weighted by Gasteiger charge is 2.16. The molecule has 1 atom stereocenters. The standard InChI is InChI=1S/C25H24F2N6O.H2S/c1-15(11-30-23-10-21(32-14-33-23)17-7-6-16(2)29-12-17)18-4-3-5-19-20(8-9-28-24(18)19)25(34)31-13-22(26)27;/h3-10,12,14-15,22H,11,13H2,1-2H3,(H,31,34)(H,30,32,33);1H2/t15-;/m1./s1. The molecular weight excluding hydrogens is 470 g/mol. The van der Waals surface area contributed by atoms with E-state index in [4.69, 9.17) is 0 Å². The lowest BCUT2D eigenvalue weighted by molar-refractivity contribution is 0.0893. The van der Waals surface area contributed by atoms with Crippen molar-refractivity contribution in [1.29, 1.82) is 0 Å². The topological polar surface area (TPSA) is 92.7 Å². The molecule has 4 rings (SSSR count). The number of carbonyl (C=O) groups is 1. The van der Waals surface area contributed by atoms with E-state index in [1.165, 1.54) is 18.6 Å². The molecule has 7 nitrogen and oxygen atoms in total. The molecule has 0 bridgehead atoms. The number of rotatable bonds is 8. The van der Waals surface area contributed by atoms with Gasteiger partial charge in [0.15, 0.2) is 0 Å². The van der Waals surface area contributed by atoms with Gasteiger partial charge >= 0.3 is 0 Å². The summed E-state index contributed by atoms with van der Waals surface area (Å²) < 4.78 is 25.0. The van der Waals surface area contributed by atoms with Gasteiger partial charge in [-0.2, -0.15) is 13.5 Å². The van der Waals surface area contributed by atoms with Gasteiger partial charge in [-0.25, -0.2) is 18.7 Å². The summed E-state index contributed by atoms with van der Waals surface area (Å²) in [5.74, 6) is 0.155. The third-order valence-electron chi connectivity index (χ3n) is 5.46. The second-order valence-corrected chi connectivity index (χ2v) is 7.96. The summed E-state index contributed by atoms with van der Waals surface area (Å²) in [6.07, 6.45) is 2.20. The lowest BCUT2D eigenvalue weighted by Crippen LogP contribution is -2.28. The second kappa shape index (κ2) is 11.7. The summed E-state index contributed by atoms with van der Waals surface area (Å²) in [4.78, 5) is 29.8. The molecule has 4 aromatic rings. The van der Waals surface area contributed by atoms with Gasteiger partial charge in [-0.05, 0) is 30.7 Å². The number of benzene rings is 1. The minimum Gasteiger partial charge on any atom is -0.369 e. The number of anilines is 1. The van der Waals surface area contributed by atoms with Crippen LogP contribution in [0.5, 0.6) is 0 Å². The van der Waals surface area contributed by atoms with Gasteiger partial charge in [0.25, 0.3) is 12.3 Å². The van der Waals surface area contributed by atoms with Gasteiger partial charge < -0.3 is 10.6 Å². The van der Waals surface area contributed by atoms with Gasteiger partial charge in [-0.1, -0.05) is 25.1 Å². The molecule has 3 heterocycles. The molecule has 1 aromatic carbocycles. The Morgan fingerprint density at radius 2 is 1.86 bits per heavy atom. The van der Waals surface area contributed by atoms with Crippen LogP contribution in [0.1, 0.15) is 34.5 Å². The molecule has 10 heteroatoms. The zero-order valence-corrected chi connectivity index (χ0v) is 20.3. The van der Waals surface area contributed by atoms with Crippen LogP contribution < -0.4 is 10.6 Å². The van der Waals surface area contributed by atoms with Crippen LogP contribution in [0.4, 0.5) is 14.6 Å². The number of hydrogen-bond acceptors (Lipinski definition) is 6. The fourth-order valence-electron chi connectivity index (χ4n) is 3.66. The van der Waals surface area contributed by atoms with Gasteiger partial charge in [-0.15, -0.1) is 0 Å². The van der Waals surface area contributed by atoms with Crippen molar-refractivity contribution in [3.63, 3.8) is 0 Å². The summed E-state index contributed by atoms with van der Waals surface area (Å²) in [6.45, 7) is 3.84. The first-order valence-corrected chi connectivity index (χ1v) is 10.9. The molecular formula is C25H26F2N6OS. The third-order valence-corrected chi connectivity index (χ3v) is 5.46. The molecule has 2 N–H and O–H groups in total. The van der Waals surface area contributed by atoms with Crippen molar-refractivity contribution in [2.75, 3.05) is 18.4 Å². The average Bonchev–Trinajstić information content (AvgIpc) is 2.85. The minimum absolute atomic E-state index is 0. The Morgan fingerprint density at radius 3 is 2.60 bits per heavy atom. The number of nitrogens with one attached hydrogen (secondary N) is 2. The van der Waals surface area contributed by atoms with E-state index in [-0.39, 0.29) is 19.4 Å². The zero-order valence-electron chi connectivity index (χ0n) is 19.3. The van der Waals surface area contributed by atoms with Crippen molar-refractivity contribution >= 4 is 36.1 Å². The molecule has 0 fully saturated rings. The van der Waals surface area contributed by atoms with Gasteiger partial charge in [0.05, 0.1) is 23.3 Å². The number of pyridine rings is 2. The number of alkyl halides is 2. The molecule has 0 saturated carbocycles. The van der Waals surface area contributed by atoms with Gasteiger partial charge in [0.1, 0.15) is 12.1 Å². The summed E-state index contributed by atoms with van der Waals surface area (Å²) >= 11 is 0. The van der Waals surface area contributed by atoms with Crippen molar-refractivity contribution < 1.29 is 13.6 Å². The highest BCUT2D eigenvalue weighted by atomic mass is 32.1. The number of fused-ring (bicyclic) bond motifs is 1. The second-order valence-electron chi connectivity index (χ2n) is 7.96. The van der Waals surface area contributed by atoms with Crippen LogP contribution in [0.2, 0.25) is 0 Å². The van der Waals surface area contributed by atoms with Gasteiger partial charge in [-0.3, -0.25) is 14.8 Å². The molecule has 1 amide bonds. The van der Waals surface area contributed by atoms with Crippen LogP contribution in [0.3, 0.4) is 0 Å². The van der Waals surface area contributed by atoms with Gasteiger partial charge in [0.2, 0.25) is 0 Å². The van der Waals surface area contributed by atoms with Crippen LogP contribution in [0.25, 0.3) is 22.2 Å². The Morgan fingerprint density at radius 1 is 1.03 bits per heavy atom. The quantitative estimate of drug-likeness (QED) is 0.367. The first-order valence-electron chi connectivity index (χ1n) is 10.9. The SMILES string of the molecule is Cc1ccc(-c2cc(NC[C@@H](C)c3cccc4c(C(=O)NCC(F)F)ccnc34)ncn2)cn1.S. The highest BCUT2D eigenvalue weighted by molar-refractivity contribution is 7.59. The first kappa shape index (κ1) is 26.0. The molecule has 182 valence electrons. The first-order chi connectivity index (χ1) is 16.4. The van der Waals surface area contributed by atoms with E-state index in [1.54, 1.807) is 12.3 Å². The Kier molecular flexibility index (Phi) is 8.64. The van der Waals surface area contributed by atoms with Crippen LogP contribution in [0, 0.1) is 6.92 Å². The summed E-state index contributed by atoms with van der Waals surface area (Å²) in [5, 5.41) is 6.22. The minimum atomic E-state index is -2.61. The highest BCUT2D eigenvalue weighted by Crippen LogP contribution is 2.27. The lowest BCUT2D eigenvalue weighted by atomic mass is 9.96. The normalized spacial score (nSPS) is 11.7. The number of amides is 1. The third kappa shape index (κ3) is 6.27. The van der Waals surface area contributed by atoms with E-state index in [1.807, 2.05) is 44.2 Å². The molecule has 0 saturated heterocycles. The molecule has 0 aliphatic rings. The molecule has 0 aliphatic heterocycles. The Labute approximate surface area is 208 Å². The Hall–Kier alpha value is -3.66. The Balaban J connectivity index is 0.00000342. The van der Waals surface area contributed by atoms with E-state index in [0.29, 0.717) is 28.8 Å². The lowest BCUT2D eigenvalue weighted by Gasteiger charge is -2.16. The summed E-state index contributed by atoms with van der Waals surface area (Å²) in [6, 6.07) is 12.9. The van der Waals surface area contributed by atoms with Gasteiger partial charge in [0, 0.05) is 47.6 Å². The van der Waals surface area contributed by atoms with Crippen molar-refractivity contribution in [2.24, 2.45) is 0 Å². The van der Waals surface area contributed by atoms with Crippen LogP contribution in [0.15, 0.2) is 61.2 Å². The van der Waals surface area contributed by atoms with E-state index < -0.39 is 18.9 Å². The Bertz CT molecular complexity index is 1300. The zero-order chi connectivity index (χ0) is 24.1. The molecule has 0 aliphatic carbocycles. The van der Waals surface area contributed by atoms with Crippen molar-refractivity contribution in [2.45, 2.75) is 26.2 Å². The number of aryl methyl sites for hydroxylation is 1. The fourth-order valence-corrected chi connectivity index (χ4v) is 3.66. The molecule has 0 radical (unpaired) electrons. The largest absolute Gasteiger partial charge is 0.369 e. The number of para-hydroxylation sites is 1. The maximum atomic E-state index is 12.5. The van der Waals surface area contributed by atoms with E-state index >= 15 is 0 Å². The number of nitrogens with zero attached hydrogens (tertiary/aromatic N) is 4. The number of hydrogen-bond donors (Lipinski definition) is 2. The summed E-state index contributed by atoms with van der Waals surface area (Å²) in [5.41, 5.74) is 4.52. The maximum Gasteiger partial charge on any atom is 0.255 e. The summed E-state index contributed by atoms with van der Waals surface area (Å²) in [7, 11) is 0. The molecule has 0 spiro atoms. The molecule has 35 heavy (non-hydrogen) atoms. The predicted molar refractivity (Wildman–Crippen MR) is 137 cm³/mol. The number of carbonyl (C=O) groups excluding carboxylic acids is 1. The average molecular weight is 497 g/mol. The number of aromatic nitrogens is 4. The van der Waals surface area contributed by atoms with Crippen molar-refractivity contribution in [3.8, 4) is 11.3 Å². The van der Waals surface area contributed by atoms with Crippen LogP contribution in [-0.2, 0) is 0 Å². The van der Waals surface area contributed by atoms with Crippen LogP contribution in [-0.4, -0.2) is 45.4 Å². The van der Waals surface area contributed by atoms with Crippen LogP contribution >= 0.6 is 13.5 Å². The molecule has 0 unspecified atom stereocenters. The maximum absolute atomic E-state index is 12.5. The fraction of sp³-hybridized carbons (Fsp3) is 0.240. The molecule has 3 aromatic heterocycles. The predicted octanol–water partition coefficient (Wildman–Crippen LogP) is 4.72. The smallest absolute Gasteiger partial charge is 0.255 e. The van der Waals surface area contributed by atoms with Crippen molar-refractivity contribution in [3.05, 3.63) is 78.0 Å².